The molecule has 0 aliphatic rings. The first-order valence-corrected chi connectivity index (χ1v) is 17.4. The number of unbranched alkanes of at least 4 members (excludes halogenated alkanes) is 23. The highest BCUT2D eigenvalue weighted by Crippen LogP contribution is 2.20. The first kappa shape index (κ1) is 36.5. The highest BCUT2D eigenvalue weighted by Gasteiger charge is 2.12. The van der Waals surface area contributed by atoms with E-state index in [1.54, 1.807) is 0 Å². The normalized spacial score (nSPS) is 12.2. The van der Waals surface area contributed by atoms with E-state index in [1.165, 1.54) is 173 Å². The summed E-state index contributed by atoms with van der Waals surface area (Å²) in [5.41, 5.74) is 0. The fraction of sp³-hybridized carbons (Fsp3) is 0.971. The van der Waals surface area contributed by atoms with Gasteiger partial charge in [-0.1, -0.05) is 181 Å². The summed E-state index contributed by atoms with van der Waals surface area (Å²) >= 11 is 0. The van der Waals surface area contributed by atoms with Crippen molar-refractivity contribution in [1.82, 2.24) is 0 Å². The van der Waals surface area contributed by atoms with E-state index in [4.69, 9.17) is 4.74 Å². The smallest absolute Gasteiger partial charge is 0.305 e. The molecule has 0 rings (SSSR count). The molecule has 0 bridgehead atoms. The molecular formula is C35H70O2. The van der Waals surface area contributed by atoms with Gasteiger partial charge in [-0.15, -0.1) is 0 Å². The molecule has 0 fully saturated rings. The molecule has 222 valence electrons. The van der Waals surface area contributed by atoms with Crippen molar-refractivity contribution in [3.05, 3.63) is 0 Å². The van der Waals surface area contributed by atoms with Crippen LogP contribution in [0, 0.1) is 5.92 Å². The summed E-state index contributed by atoms with van der Waals surface area (Å²) in [5.74, 6) is 0.627. The molecule has 0 N–H and O–H groups in total. The monoisotopic (exact) mass is 523 g/mol. The molecule has 0 amide bonds. The third-order valence-corrected chi connectivity index (χ3v) is 8.15. The average molecular weight is 523 g/mol. The van der Waals surface area contributed by atoms with E-state index in [1.807, 2.05) is 0 Å². The van der Waals surface area contributed by atoms with Gasteiger partial charge in [0.15, 0.2) is 0 Å². The predicted molar refractivity (Wildman–Crippen MR) is 165 cm³/mol. The van der Waals surface area contributed by atoms with Gasteiger partial charge < -0.3 is 4.74 Å². The van der Waals surface area contributed by atoms with Gasteiger partial charge in [-0.05, 0) is 25.2 Å². The van der Waals surface area contributed by atoms with Gasteiger partial charge in [-0.25, -0.2) is 0 Å². The number of carbonyl (C=O) groups is 1. The number of carbonyl (C=O) groups excluding carboxylic acids is 1. The molecule has 0 radical (unpaired) electrons. The van der Waals surface area contributed by atoms with Crippen LogP contribution in [0.3, 0.4) is 0 Å². The molecule has 0 spiro atoms. The third kappa shape index (κ3) is 29.9. The fourth-order valence-electron chi connectivity index (χ4n) is 5.48. The Kier molecular flexibility index (Phi) is 31.2. The minimum Gasteiger partial charge on any atom is -0.465 e. The van der Waals surface area contributed by atoms with Crippen molar-refractivity contribution in [2.45, 2.75) is 207 Å². The van der Waals surface area contributed by atoms with Crippen LogP contribution < -0.4 is 0 Å². The molecule has 0 aliphatic carbocycles. The van der Waals surface area contributed by atoms with Crippen LogP contribution in [0.15, 0.2) is 0 Å². The van der Waals surface area contributed by atoms with Crippen molar-refractivity contribution in [1.29, 1.82) is 0 Å². The first-order chi connectivity index (χ1) is 18.2. The summed E-state index contributed by atoms with van der Waals surface area (Å²) in [5, 5.41) is 0. The Morgan fingerprint density at radius 2 is 0.730 bits per heavy atom. The molecule has 0 saturated carbocycles. The van der Waals surface area contributed by atoms with Crippen molar-refractivity contribution < 1.29 is 9.53 Å². The second-order valence-electron chi connectivity index (χ2n) is 12.0. The van der Waals surface area contributed by atoms with E-state index in [0.29, 0.717) is 18.9 Å². The molecule has 37 heavy (non-hydrogen) atoms. The molecule has 0 saturated heterocycles. The summed E-state index contributed by atoms with van der Waals surface area (Å²) in [4.78, 5) is 12.3. The van der Waals surface area contributed by atoms with Crippen LogP contribution in [0.5, 0.6) is 0 Å². The summed E-state index contributed by atoms with van der Waals surface area (Å²) in [6, 6.07) is 0. The summed E-state index contributed by atoms with van der Waals surface area (Å²) in [6.07, 6.45) is 38.3. The van der Waals surface area contributed by atoms with E-state index < -0.39 is 0 Å². The van der Waals surface area contributed by atoms with E-state index in [2.05, 4.69) is 20.8 Å². The Labute approximate surface area is 234 Å². The topological polar surface area (TPSA) is 26.3 Å². The lowest BCUT2D eigenvalue weighted by Gasteiger charge is -2.17. The van der Waals surface area contributed by atoms with E-state index in [9.17, 15) is 4.79 Å². The Balaban J connectivity index is 3.72. The van der Waals surface area contributed by atoms with E-state index >= 15 is 0 Å². The summed E-state index contributed by atoms with van der Waals surface area (Å²) in [6.45, 7) is 7.51. The van der Waals surface area contributed by atoms with Crippen LogP contribution in [-0.4, -0.2) is 12.6 Å². The molecular weight excluding hydrogens is 452 g/mol. The summed E-state index contributed by atoms with van der Waals surface area (Å²) < 4.78 is 5.75. The minimum atomic E-state index is 0.0473. The largest absolute Gasteiger partial charge is 0.465 e. The predicted octanol–water partition coefficient (Wildman–Crippen LogP) is 12.5. The Bertz CT molecular complexity index is 433. The Morgan fingerprint density at radius 1 is 0.432 bits per heavy atom. The number of hydrogen-bond donors (Lipinski definition) is 0. The van der Waals surface area contributed by atoms with Gasteiger partial charge >= 0.3 is 5.97 Å². The fourth-order valence-corrected chi connectivity index (χ4v) is 5.48. The lowest BCUT2D eigenvalue weighted by molar-refractivity contribution is -0.145. The Morgan fingerprint density at radius 3 is 1.14 bits per heavy atom. The molecule has 0 aromatic rings. The van der Waals surface area contributed by atoms with Gasteiger partial charge in [-0.2, -0.15) is 0 Å². The quantitative estimate of drug-likeness (QED) is 0.0668. The minimum absolute atomic E-state index is 0.0473. The second kappa shape index (κ2) is 31.7. The maximum absolute atomic E-state index is 12.3. The maximum atomic E-state index is 12.3. The van der Waals surface area contributed by atoms with Crippen LogP contribution in [0.2, 0.25) is 0 Å². The molecule has 2 nitrogen and oxygen atoms in total. The molecule has 0 aromatic heterocycles. The van der Waals surface area contributed by atoms with E-state index in [0.717, 1.165) is 6.42 Å². The molecule has 1 atom stereocenters. The zero-order valence-electron chi connectivity index (χ0n) is 26.1. The van der Waals surface area contributed by atoms with Crippen LogP contribution in [0.1, 0.15) is 207 Å². The average Bonchev–Trinajstić information content (AvgIpc) is 2.90. The lowest BCUT2D eigenvalue weighted by atomic mass is 9.95. The highest BCUT2D eigenvalue weighted by molar-refractivity contribution is 5.69. The molecule has 0 heterocycles. The van der Waals surface area contributed by atoms with Crippen molar-refractivity contribution in [3.63, 3.8) is 0 Å². The number of esters is 1. The lowest BCUT2D eigenvalue weighted by Crippen LogP contribution is -2.14. The van der Waals surface area contributed by atoms with Crippen LogP contribution in [0.25, 0.3) is 0 Å². The van der Waals surface area contributed by atoms with Crippen molar-refractivity contribution in [3.8, 4) is 0 Å². The second-order valence-corrected chi connectivity index (χ2v) is 12.0. The zero-order chi connectivity index (χ0) is 27.1. The van der Waals surface area contributed by atoms with Gasteiger partial charge in [-0.3, -0.25) is 4.79 Å². The Hall–Kier alpha value is -0.530. The van der Waals surface area contributed by atoms with Crippen LogP contribution in [-0.2, 0) is 9.53 Å². The van der Waals surface area contributed by atoms with Crippen molar-refractivity contribution in [2.75, 3.05) is 6.61 Å². The number of ether oxygens (including phenoxy) is 1. The van der Waals surface area contributed by atoms with Gasteiger partial charge in [0, 0.05) is 6.42 Å². The molecule has 0 aliphatic heterocycles. The van der Waals surface area contributed by atoms with Crippen molar-refractivity contribution >= 4 is 5.97 Å². The zero-order valence-corrected chi connectivity index (χ0v) is 26.1. The number of rotatable bonds is 31. The molecule has 2 heteroatoms. The SMILES string of the molecule is CCCCCCCCCCCCCCC(CCCCC)COC(=O)CCCCCCCCCCCCC. The standard InChI is InChI=1S/C35H70O2/c1-4-7-10-12-14-16-18-20-21-23-25-28-31-34(30-27-9-6-3)33-37-35(36)32-29-26-24-22-19-17-15-13-11-8-5-2/h34H,4-33H2,1-3H3. The first-order valence-electron chi connectivity index (χ1n) is 17.4. The summed E-state index contributed by atoms with van der Waals surface area (Å²) in [7, 11) is 0. The number of hydrogen-bond acceptors (Lipinski definition) is 2. The van der Waals surface area contributed by atoms with Crippen molar-refractivity contribution in [2.24, 2.45) is 5.92 Å². The van der Waals surface area contributed by atoms with Gasteiger partial charge in [0.1, 0.15) is 0 Å². The third-order valence-electron chi connectivity index (χ3n) is 8.15. The maximum Gasteiger partial charge on any atom is 0.305 e. The molecule has 1 unspecified atom stereocenters. The van der Waals surface area contributed by atoms with Gasteiger partial charge in [0.2, 0.25) is 0 Å². The van der Waals surface area contributed by atoms with Crippen LogP contribution in [0.4, 0.5) is 0 Å². The highest BCUT2D eigenvalue weighted by atomic mass is 16.5. The molecule has 0 aromatic carbocycles. The van der Waals surface area contributed by atoms with E-state index in [-0.39, 0.29) is 5.97 Å². The van der Waals surface area contributed by atoms with Gasteiger partial charge in [0.25, 0.3) is 0 Å². The van der Waals surface area contributed by atoms with Gasteiger partial charge in [0.05, 0.1) is 6.61 Å². The van der Waals surface area contributed by atoms with Crippen LogP contribution >= 0.6 is 0 Å².